The Morgan fingerprint density at radius 1 is 0.440 bits per heavy atom. The molecule has 6 aromatic carbocycles. The van der Waals surface area contributed by atoms with Crippen molar-refractivity contribution in [1.29, 1.82) is 0 Å². The molecule has 0 saturated carbocycles. The largest absolute Gasteiger partial charge is 1.00 e. The Balaban J connectivity index is 0.000000236. The van der Waals surface area contributed by atoms with Crippen molar-refractivity contribution in [2.24, 2.45) is 0 Å². The van der Waals surface area contributed by atoms with Gasteiger partial charge in [-0.25, -0.2) is 40.7 Å². The first-order valence-corrected chi connectivity index (χ1v) is 37.2. The Hall–Kier alpha value is -7.57. The smallest absolute Gasteiger partial charge is 0.553 e. The van der Waals surface area contributed by atoms with Crippen LogP contribution >= 0.6 is 70.1 Å². The van der Waals surface area contributed by atoms with Crippen molar-refractivity contribution >= 4 is 138 Å². The molecule has 20 nitrogen and oxygen atoms in total. The number of fused-ring (bicyclic) bond motifs is 3. The standard InChI is InChI=1S/2C25H22ClF5N2O4S.C23H18ClF5N2O4S.CH4.H2NO.Na/c2*1-3-37-23(35)14-5-4-6-17(19(14)27)38-22-13(2)33(21-15(22)7-8-16(26)20(21)28)11-18(34)32-10-9-24(36,12-32)25(29,30)31;1-11-20(36-15-4-2-3-12(17(15)25)21(33)34)13-5-6-14(24)18(26)19(13)31(11)9-16(32)30-8-7-22(35,10-30)23(27,28)29;;1-2;/h2*4-8,36H,3,9-12H2,1-2H3;2-6,35H,7-10H2,1H3,(H,33,34);1H4;1-2H;/q;;;;-1;+1. The monoisotopic (exact) mass is 1770 g/mol. The van der Waals surface area contributed by atoms with Gasteiger partial charge >= 0.3 is 66.0 Å². The number of aromatic carboxylic acids is 1. The van der Waals surface area contributed by atoms with Crippen LogP contribution in [-0.2, 0) is 43.5 Å². The van der Waals surface area contributed by atoms with Crippen molar-refractivity contribution in [2.75, 3.05) is 52.5 Å². The normalized spacial score (nSPS) is 17.4. The number of likely N-dealkylation sites (tertiary alicyclic amines) is 3. The van der Waals surface area contributed by atoms with Gasteiger partial charge in [-0.3, -0.25) is 14.4 Å². The average molecular weight is 1770 g/mol. The number of carboxylic acids is 1. The number of β-amino-alcohol motifs (C(OH)–C–C–N with tert-alkyl or cyclic N) is 3. The van der Waals surface area contributed by atoms with E-state index in [1.54, 1.807) is 27.7 Å². The number of benzene rings is 6. The van der Waals surface area contributed by atoms with Crippen LogP contribution in [0.1, 0.15) is 88.7 Å². The number of aliphatic hydroxyl groups is 3. The Labute approximate surface area is 700 Å². The van der Waals surface area contributed by atoms with Crippen LogP contribution in [0.25, 0.3) is 38.6 Å². The fraction of sp³-hybridized carbons (Fsp3) is 0.351. The average Bonchev–Trinajstić information content (AvgIpc) is 1.60. The maximum atomic E-state index is 15.2. The molecule has 3 unspecified atom stereocenters. The Morgan fingerprint density at radius 2 is 0.690 bits per heavy atom. The molecule has 9 aromatic rings. The molecule has 3 fully saturated rings. The van der Waals surface area contributed by atoms with Gasteiger partial charge < -0.3 is 69.4 Å². The van der Waals surface area contributed by atoms with Crippen molar-refractivity contribution in [3.05, 3.63) is 181 Å². The van der Waals surface area contributed by atoms with E-state index in [0.29, 0.717) is 26.1 Å². The maximum absolute atomic E-state index is 15.2. The van der Waals surface area contributed by atoms with Gasteiger partial charge in [0.25, 0.3) is 0 Å². The number of alkyl halides is 9. The SMILES string of the molecule is C.CCOC(=O)c1cccc(Sc2c(C)n(CC(=O)N3CCC(O)(C(F)(F)F)C3)c3c(F)c(Cl)ccc23)c1F.CCOC(=O)c1cccc(Sc2c(C)n(CC(=O)N3CCC(O)(C(F)(F)F)C3)c3c(F)c(Cl)ccc23)c1F.Cc1c(Sc2cccc(C(=O)O)c2F)c2ccc(Cl)c(F)c2n1CC(=O)N1CCC(O)(C(F)(F)F)C1.[NH-]O.[Na+]. The number of halogens is 18. The van der Waals surface area contributed by atoms with Crippen molar-refractivity contribution in [3.8, 4) is 0 Å². The zero-order valence-corrected chi connectivity index (χ0v) is 67.5. The van der Waals surface area contributed by atoms with E-state index in [0.717, 1.165) is 56.1 Å². The first-order valence-electron chi connectivity index (χ1n) is 33.6. The molecule has 3 aliphatic rings. The summed E-state index contributed by atoms with van der Waals surface area (Å²) >= 11 is 20.5. The molecule has 12 rings (SSSR count). The maximum Gasteiger partial charge on any atom is 1.00 e. The molecule has 6 heterocycles. The van der Waals surface area contributed by atoms with Crippen LogP contribution in [0.2, 0.25) is 15.1 Å². The molecule has 0 spiro atoms. The molecule has 42 heteroatoms. The molecule has 0 radical (unpaired) electrons. The topological polar surface area (TPSA) is 270 Å². The minimum Gasteiger partial charge on any atom is -0.553 e. The summed E-state index contributed by atoms with van der Waals surface area (Å²) in [5, 5.41) is 45.3. The number of carbonyl (C=O) groups is 6. The predicted molar refractivity (Wildman–Crippen MR) is 395 cm³/mol. The molecule has 3 aliphatic heterocycles. The zero-order valence-electron chi connectivity index (χ0n) is 60.8. The number of aromatic nitrogens is 3. The second-order valence-electron chi connectivity index (χ2n) is 26.0. The number of esters is 2. The molecule has 622 valence electrons. The van der Waals surface area contributed by atoms with Crippen LogP contribution < -0.4 is 29.6 Å². The summed E-state index contributed by atoms with van der Waals surface area (Å²) in [7, 11) is 0. The van der Waals surface area contributed by atoms with Crippen molar-refractivity contribution < 1.29 is 159 Å². The van der Waals surface area contributed by atoms with Crippen LogP contribution in [0.4, 0.5) is 65.9 Å². The van der Waals surface area contributed by atoms with E-state index >= 15 is 22.0 Å². The zero-order chi connectivity index (χ0) is 84.6. The number of nitrogens with zero attached hydrogens (tertiary/aromatic N) is 6. The molecule has 3 aromatic heterocycles. The Morgan fingerprint density at radius 3 is 0.922 bits per heavy atom. The number of carboxylic acid groups (broad SMARTS) is 1. The van der Waals surface area contributed by atoms with Crippen molar-refractivity contribution in [1.82, 2.24) is 28.4 Å². The second kappa shape index (κ2) is 37.8. The number of nitrogens with one attached hydrogen (secondary N) is 1. The van der Waals surface area contributed by atoms with Gasteiger partial charge in [0.15, 0.2) is 51.7 Å². The van der Waals surface area contributed by atoms with Crippen LogP contribution in [-0.4, -0.2) is 177 Å². The Bertz CT molecular complexity index is 5060. The molecular formula is C74H68Cl3F15N7NaO13S3. The quantitative estimate of drug-likeness (QED) is 0.0245. The third-order valence-corrected chi connectivity index (χ3v) is 23.6. The Kier molecular flexibility index (Phi) is 31.1. The van der Waals surface area contributed by atoms with Crippen LogP contribution in [0.5, 0.6) is 0 Å². The van der Waals surface area contributed by atoms with Gasteiger partial charge in [0, 0.05) is 102 Å². The van der Waals surface area contributed by atoms with Crippen molar-refractivity contribution in [3.63, 3.8) is 0 Å². The summed E-state index contributed by atoms with van der Waals surface area (Å²) in [6.07, 6.45) is -16.8. The third-order valence-electron chi connectivity index (χ3n) is 19.0. The third kappa shape index (κ3) is 19.3. The molecule has 3 amide bonds. The number of hydrogen-bond acceptors (Lipinski definition) is 15. The minimum atomic E-state index is -4.92. The molecule has 6 N–H and O–H groups in total. The molecule has 3 atom stereocenters. The van der Waals surface area contributed by atoms with Crippen LogP contribution in [0, 0.1) is 55.7 Å². The van der Waals surface area contributed by atoms with E-state index in [-0.39, 0.29) is 149 Å². The van der Waals surface area contributed by atoms with E-state index < -0.39 is 170 Å². The number of carbonyl (C=O) groups excluding carboxylic acids is 5. The van der Waals surface area contributed by atoms with Gasteiger partial charge in [-0.1, -0.05) is 95.7 Å². The molecule has 116 heavy (non-hydrogen) atoms. The summed E-state index contributed by atoms with van der Waals surface area (Å²) in [6.45, 7) is 2.39. The van der Waals surface area contributed by atoms with Gasteiger partial charge in [-0.05, 0) is 107 Å². The fourth-order valence-corrected chi connectivity index (χ4v) is 16.6. The number of rotatable bonds is 17. The summed E-state index contributed by atoms with van der Waals surface area (Å²) in [5.41, 5.74) is -9.54. The van der Waals surface area contributed by atoms with Crippen LogP contribution in [0.3, 0.4) is 0 Å². The van der Waals surface area contributed by atoms with E-state index in [1.165, 1.54) is 106 Å². The van der Waals surface area contributed by atoms with E-state index in [2.05, 4.69) is 0 Å². The molecule has 0 aliphatic carbocycles. The minimum absolute atomic E-state index is 0. The summed E-state index contributed by atoms with van der Waals surface area (Å²) < 4.78 is 223. The van der Waals surface area contributed by atoms with Crippen LogP contribution in [0.15, 0.2) is 120 Å². The first kappa shape index (κ1) is 95.6. The molecule has 0 bridgehead atoms. The number of hydrogen-bond donors (Lipinski definition) is 5. The van der Waals surface area contributed by atoms with E-state index in [1.807, 2.05) is 0 Å². The summed E-state index contributed by atoms with van der Waals surface area (Å²) in [5.74, 6) is -6.02. The van der Waals surface area contributed by atoms with Crippen molar-refractivity contribution in [2.45, 2.75) is 146 Å². The second-order valence-corrected chi connectivity index (χ2v) is 30.3. The fourth-order valence-electron chi connectivity index (χ4n) is 12.8. The predicted octanol–water partition coefficient (Wildman–Crippen LogP) is 14.8. The number of ether oxygens (including phenoxy) is 2. The number of amides is 3. The van der Waals surface area contributed by atoms with Gasteiger partial charge in [-0.2, -0.15) is 39.5 Å². The van der Waals surface area contributed by atoms with Gasteiger partial charge in [0.2, 0.25) is 17.7 Å². The molecule has 3 saturated heterocycles. The van der Waals surface area contributed by atoms with Gasteiger partial charge in [-0.15, -0.1) is 0 Å². The van der Waals surface area contributed by atoms with E-state index in [4.69, 9.17) is 55.4 Å². The van der Waals surface area contributed by atoms with Gasteiger partial charge in [0.05, 0.1) is 81.2 Å². The van der Waals surface area contributed by atoms with E-state index in [9.17, 15) is 93.1 Å². The first-order chi connectivity index (χ1) is 53.3. The summed E-state index contributed by atoms with van der Waals surface area (Å²) in [6, 6.07) is 20.4. The van der Waals surface area contributed by atoms with Gasteiger partial charge in [0.1, 0.15) is 19.6 Å². The summed E-state index contributed by atoms with van der Waals surface area (Å²) in [4.78, 5) is 78.0. The molecular weight excluding hydrogens is 1710 g/mol.